The van der Waals surface area contributed by atoms with E-state index in [1.54, 1.807) is 0 Å². The van der Waals surface area contributed by atoms with E-state index in [0.717, 1.165) is 31.5 Å². The summed E-state index contributed by atoms with van der Waals surface area (Å²) in [6, 6.07) is 9.59. The summed E-state index contributed by atoms with van der Waals surface area (Å²) in [5.74, 6) is 0.153. The van der Waals surface area contributed by atoms with E-state index in [0.29, 0.717) is 19.6 Å². The summed E-state index contributed by atoms with van der Waals surface area (Å²) in [5, 5.41) is 3.03. The molecule has 5 heteroatoms. The number of amides is 2. The van der Waals surface area contributed by atoms with Crippen LogP contribution in [0.4, 0.5) is 0 Å². The van der Waals surface area contributed by atoms with E-state index in [2.05, 4.69) is 17.1 Å². The van der Waals surface area contributed by atoms with Gasteiger partial charge in [-0.05, 0) is 25.5 Å². The van der Waals surface area contributed by atoms with Crippen LogP contribution in [0.1, 0.15) is 37.0 Å². The number of hydrogen-bond donors (Lipinski definition) is 1. The van der Waals surface area contributed by atoms with Crippen LogP contribution in [-0.4, -0.2) is 60.4 Å². The van der Waals surface area contributed by atoms with Crippen LogP contribution in [0.15, 0.2) is 30.3 Å². The molecule has 1 N–H and O–H groups in total. The molecule has 0 aliphatic carbocycles. The Balaban J connectivity index is 1.75. The number of nitrogens with one attached hydrogen (secondary N) is 1. The van der Waals surface area contributed by atoms with Crippen LogP contribution in [0.25, 0.3) is 0 Å². The topological polar surface area (TPSA) is 52.7 Å². The molecule has 2 rings (SSSR count). The fourth-order valence-electron chi connectivity index (χ4n) is 2.90. The largest absolute Gasteiger partial charge is 0.353 e. The zero-order valence-corrected chi connectivity index (χ0v) is 14.1. The maximum absolute atomic E-state index is 12.4. The number of carbonyl (C=O) groups excluding carboxylic acids is 2. The molecule has 1 aliphatic heterocycles. The number of benzene rings is 1. The van der Waals surface area contributed by atoms with Gasteiger partial charge in [-0.3, -0.25) is 14.5 Å². The Kier molecular flexibility index (Phi) is 6.59. The summed E-state index contributed by atoms with van der Waals surface area (Å²) in [7, 11) is 0. The summed E-state index contributed by atoms with van der Waals surface area (Å²) < 4.78 is 0. The smallest absolute Gasteiger partial charge is 0.253 e. The van der Waals surface area contributed by atoms with Gasteiger partial charge >= 0.3 is 0 Å². The first-order valence-electron chi connectivity index (χ1n) is 8.46. The molecule has 1 aromatic rings. The molecular formula is C18H27N3O2. The molecule has 1 heterocycles. The highest BCUT2D eigenvalue weighted by atomic mass is 16.2. The lowest BCUT2D eigenvalue weighted by Gasteiger charge is -2.34. The normalized spacial score (nSPS) is 16.9. The third-order valence-electron chi connectivity index (χ3n) is 4.18. The highest BCUT2D eigenvalue weighted by molar-refractivity contribution is 5.94. The van der Waals surface area contributed by atoms with E-state index in [4.69, 9.17) is 0 Å². The molecule has 2 amide bonds. The van der Waals surface area contributed by atoms with Gasteiger partial charge in [0.1, 0.15) is 0 Å². The molecule has 0 bridgehead atoms. The third kappa shape index (κ3) is 5.36. The lowest BCUT2D eigenvalue weighted by Crippen LogP contribution is -2.51. The first-order chi connectivity index (χ1) is 11.1. The predicted molar refractivity (Wildman–Crippen MR) is 91.3 cm³/mol. The van der Waals surface area contributed by atoms with E-state index < -0.39 is 0 Å². The quantitative estimate of drug-likeness (QED) is 0.870. The van der Waals surface area contributed by atoms with Gasteiger partial charge in [0.05, 0.1) is 6.54 Å². The fourth-order valence-corrected chi connectivity index (χ4v) is 2.90. The molecule has 5 nitrogen and oxygen atoms in total. The van der Waals surface area contributed by atoms with Crippen molar-refractivity contribution in [3.63, 3.8) is 0 Å². The van der Waals surface area contributed by atoms with Gasteiger partial charge in [-0.25, -0.2) is 0 Å². The molecular weight excluding hydrogens is 290 g/mol. The van der Waals surface area contributed by atoms with Crippen molar-refractivity contribution in [2.24, 2.45) is 0 Å². The van der Waals surface area contributed by atoms with Gasteiger partial charge in [0.2, 0.25) is 5.91 Å². The average molecular weight is 317 g/mol. The van der Waals surface area contributed by atoms with Crippen LogP contribution >= 0.6 is 0 Å². The number of carbonyl (C=O) groups is 2. The summed E-state index contributed by atoms with van der Waals surface area (Å²) in [6.07, 6.45) is 2.08. The number of rotatable bonds is 6. The second kappa shape index (κ2) is 8.67. The van der Waals surface area contributed by atoms with Crippen LogP contribution in [0.5, 0.6) is 0 Å². The van der Waals surface area contributed by atoms with E-state index in [1.165, 1.54) is 0 Å². The van der Waals surface area contributed by atoms with Crippen LogP contribution < -0.4 is 5.32 Å². The monoisotopic (exact) mass is 317 g/mol. The molecule has 126 valence electrons. The molecule has 1 atom stereocenters. The highest BCUT2D eigenvalue weighted by Gasteiger charge is 2.23. The minimum atomic E-state index is 0.0752. The lowest BCUT2D eigenvalue weighted by molar-refractivity contribution is -0.123. The van der Waals surface area contributed by atoms with Crippen LogP contribution in [0, 0.1) is 0 Å². The Hall–Kier alpha value is -1.88. The van der Waals surface area contributed by atoms with Crippen molar-refractivity contribution < 1.29 is 9.59 Å². The SMILES string of the molecule is CCC[C@H](C)NC(=O)CN1CCN(C(=O)c2ccccc2)CC1. The van der Waals surface area contributed by atoms with Gasteiger partial charge in [-0.15, -0.1) is 0 Å². The van der Waals surface area contributed by atoms with Crippen molar-refractivity contribution in [1.29, 1.82) is 0 Å². The van der Waals surface area contributed by atoms with E-state index >= 15 is 0 Å². The van der Waals surface area contributed by atoms with Gasteiger partial charge in [-0.2, -0.15) is 0 Å². The van der Waals surface area contributed by atoms with Crippen molar-refractivity contribution in [3.05, 3.63) is 35.9 Å². The second-order valence-electron chi connectivity index (χ2n) is 6.19. The van der Waals surface area contributed by atoms with E-state index in [9.17, 15) is 9.59 Å². The molecule has 1 saturated heterocycles. The molecule has 1 fully saturated rings. The number of nitrogens with zero attached hydrogens (tertiary/aromatic N) is 2. The Morgan fingerprint density at radius 1 is 1.13 bits per heavy atom. The standard InChI is InChI=1S/C18H27N3O2/c1-3-7-15(2)19-17(22)14-20-10-12-21(13-11-20)18(23)16-8-5-4-6-9-16/h4-6,8-9,15H,3,7,10-14H2,1-2H3,(H,19,22)/t15-/m0/s1. The Morgan fingerprint density at radius 3 is 2.39 bits per heavy atom. The van der Waals surface area contributed by atoms with Crippen molar-refractivity contribution in [2.75, 3.05) is 32.7 Å². The van der Waals surface area contributed by atoms with E-state index in [-0.39, 0.29) is 17.9 Å². The highest BCUT2D eigenvalue weighted by Crippen LogP contribution is 2.08. The lowest BCUT2D eigenvalue weighted by atomic mass is 10.2. The summed E-state index contributed by atoms with van der Waals surface area (Å²) in [4.78, 5) is 28.4. The number of piperazine rings is 1. The molecule has 23 heavy (non-hydrogen) atoms. The van der Waals surface area contributed by atoms with Gasteiger partial charge in [0, 0.05) is 37.8 Å². The molecule has 0 aromatic heterocycles. The minimum absolute atomic E-state index is 0.0752. The van der Waals surface area contributed by atoms with Crippen molar-refractivity contribution in [3.8, 4) is 0 Å². The molecule has 0 unspecified atom stereocenters. The molecule has 0 radical (unpaired) electrons. The van der Waals surface area contributed by atoms with Crippen molar-refractivity contribution in [2.45, 2.75) is 32.7 Å². The maximum Gasteiger partial charge on any atom is 0.253 e. The molecule has 1 aromatic carbocycles. The van der Waals surface area contributed by atoms with Crippen molar-refractivity contribution in [1.82, 2.24) is 15.1 Å². The zero-order valence-electron chi connectivity index (χ0n) is 14.1. The van der Waals surface area contributed by atoms with Crippen LogP contribution in [-0.2, 0) is 4.79 Å². The Bertz CT molecular complexity index is 510. The maximum atomic E-state index is 12.4. The zero-order chi connectivity index (χ0) is 16.7. The predicted octanol–water partition coefficient (Wildman–Crippen LogP) is 1.75. The molecule has 0 spiro atoms. The van der Waals surface area contributed by atoms with Crippen LogP contribution in [0.3, 0.4) is 0 Å². The third-order valence-corrected chi connectivity index (χ3v) is 4.18. The number of hydrogen-bond acceptors (Lipinski definition) is 3. The second-order valence-corrected chi connectivity index (χ2v) is 6.19. The summed E-state index contributed by atoms with van der Waals surface area (Å²) >= 11 is 0. The van der Waals surface area contributed by atoms with Gasteiger partial charge < -0.3 is 10.2 Å². The van der Waals surface area contributed by atoms with Gasteiger partial charge in [-0.1, -0.05) is 31.5 Å². The molecule has 1 aliphatic rings. The Morgan fingerprint density at radius 2 is 1.78 bits per heavy atom. The fraction of sp³-hybridized carbons (Fsp3) is 0.556. The molecule has 0 saturated carbocycles. The van der Waals surface area contributed by atoms with Crippen LogP contribution in [0.2, 0.25) is 0 Å². The first kappa shape index (κ1) is 17.5. The van der Waals surface area contributed by atoms with Gasteiger partial charge in [0.15, 0.2) is 0 Å². The summed E-state index contributed by atoms with van der Waals surface area (Å²) in [6.45, 7) is 7.41. The minimum Gasteiger partial charge on any atom is -0.353 e. The Labute approximate surface area is 138 Å². The van der Waals surface area contributed by atoms with E-state index in [1.807, 2.05) is 42.2 Å². The van der Waals surface area contributed by atoms with Gasteiger partial charge in [0.25, 0.3) is 5.91 Å². The average Bonchev–Trinajstić information content (AvgIpc) is 2.56. The van der Waals surface area contributed by atoms with Crippen molar-refractivity contribution >= 4 is 11.8 Å². The summed E-state index contributed by atoms with van der Waals surface area (Å²) in [5.41, 5.74) is 0.729. The first-order valence-corrected chi connectivity index (χ1v) is 8.46.